The van der Waals surface area contributed by atoms with Gasteiger partial charge in [-0.1, -0.05) is 6.07 Å². The Balaban J connectivity index is 1.72. The van der Waals surface area contributed by atoms with Crippen molar-refractivity contribution < 1.29 is 23.5 Å². The van der Waals surface area contributed by atoms with Gasteiger partial charge in [0.25, 0.3) is 11.8 Å². The number of ether oxygens (including phenoxy) is 2. The van der Waals surface area contributed by atoms with E-state index in [1.165, 1.54) is 6.07 Å². The second-order valence-corrected chi connectivity index (χ2v) is 5.95. The summed E-state index contributed by atoms with van der Waals surface area (Å²) in [5, 5.41) is 5.30. The lowest BCUT2D eigenvalue weighted by atomic mass is 10.1. The van der Waals surface area contributed by atoms with E-state index >= 15 is 0 Å². The van der Waals surface area contributed by atoms with Gasteiger partial charge in [-0.25, -0.2) is 4.39 Å². The van der Waals surface area contributed by atoms with Gasteiger partial charge in [-0.3, -0.25) is 9.59 Å². The highest BCUT2D eigenvalue weighted by molar-refractivity contribution is 5.94. The summed E-state index contributed by atoms with van der Waals surface area (Å²) >= 11 is 0. The molecule has 0 fully saturated rings. The van der Waals surface area contributed by atoms with Crippen molar-refractivity contribution in [2.45, 2.75) is 20.0 Å². The second-order valence-electron chi connectivity index (χ2n) is 5.95. The molecule has 6 nitrogen and oxygen atoms in total. The monoisotopic (exact) mass is 374 g/mol. The van der Waals surface area contributed by atoms with E-state index in [0.29, 0.717) is 17.1 Å². The summed E-state index contributed by atoms with van der Waals surface area (Å²) in [6.45, 7) is 3.71. The Bertz CT molecular complexity index is 793. The molecule has 2 aromatic rings. The fraction of sp³-hybridized carbons (Fsp3) is 0.300. The van der Waals surface area contributed by atoms with Crippen LogP contribution in [-0.4, -0.2) is 38.1 Å². The number of benzene rings is 2. The van der Waals surface area contributed by atoms with E-state index < -0.39 is 17.8 Å². The predicted molar refractivity (Wildman–Crippen MR) is 99.6 cm³/mol. The van der Waals surface area contributed by atoms with Crippen LogP contribution in [0.15, 0.2) is 42.5 Å². The lowest BCUT2D eigenvalue weighted by Gasteiger charge is -2.15. The van der Waals surface area contributed by atoms with Gasteiger partial charge in [0, 0.05) is 18.7 Å². The number of amides is 2. The van der Waals surface area contributed by atoms with Gasteiger partial charge in [-0.05, 0) is 55.8 Å². The SMILES string of the molecule is COc1ccc(OC(C)C(=O)NCCNC(=O)c2ccc(C)c(F)c2)cc1. The molecule has 144 valence electrons. The van der Waals surface area contributed by atoms with Crippen molar-refractivity contribution in [3.05, 3.63) is 59.4 Å². The number of aryl methyl sites for hydroxylation is 1. The lowest BCUT2D eigenvalue weighted by Crippen LogP contribution is -2.40. The Morgan fingerprint density at radius 2 is 1.67 bits per heavy atom. The van der Waals surface area contributed by atoms with Crippen LogP contribution in [0.1, 0.15) is 22.8 Å². The first-order valence-electron chi connectivity index (χ1n) is 8.53. The molecule has 2 N–H and O–H groups in total. The quantitative estimate of drug-likeness (QED) is 0.696. The lowest BCUT2D eigenvalue weighted by molar-refractivity contribution is -0.127. The molecule has 0 aliphatic heterocycles. The third kappa shape index (κ3) is 5.99. The third-order valence-corrected chi connectivity index (χ3v) is 3.89. The van der Waals surface area contributed by atoms with Crippen LogP contribution < -0.4 is 20.1 Å². The molecule has 2 amide bonds. The van der Waals surface area contributed by atoms with Gasteiger partial charge < -0.3 is 20.1 Å². The zero-order valence-electron chi connectivity index (χ0n) is 15.5. The number of rotatable bonds is 8. The maximum Gasteiger partial charge on any atom is 0.260 e. The van der Waals surface area contributed by atoms with Crippen molar-refractivity contribution >= 4 is 11.8 Å². The van der Waals surface area contributed by atoms with E-state index in [0.717, 1.165) is 0 Å². The van der Waals surface area contributed by atoms with Gasteiger partial charge >= 0.3 is 0 Å². The van der Waals surface area contributed by atoms with Gasteiger partial charge in [-0.2, -0.15) is 0 Å². The molecule has 0 saturated heterocycles. The zero-order chi connectivity index (χ0) is 19.8. The minimum absolute atomic E-state index is 0.218. The van der Waals surface area contributed by atoms with E-state index in [1.807, 2.05) is 0 Å². The van der Waals surface area contributed by atoms with E-state index in [-0.39, 0.29) is 24.6 Å². The molecular formula is C20H23FN2O4. The van der Waals surface area contributed by atoms with Crippen LogP contribution in [0.4, 0.5) is 4.39 Å². The standard InChI is InChI=1S/C20H23FN2O4/c1-13-4-5-15(12-18(13)21)20(25)23-11-10-22-19(24)14(2)27-17-8-6-16(26-3)7-9-17/h4-9,12,14H,10-11H2,1-3H3,(H,22,24)(H,23,25). The molecule has 0 aliphatic rings. The molecule has 0 radical (unpaired) electrons. The van der Waals surface area contributed by atoms with E-state index in [1.54, 1.807) is 57.4 Å². The van der Waals surface area contributed by atoms with Gasteiger partial charge in [0.15, 0.2) is 6.10 Å². The smallest absolute Gasteiger partial charge is 0.260 e. The van der Waals surface area contributed by atoms with Crippen LogP contribution in [-0.2, 0) is 4.79 Å². The summed E-state index contributed by atoms with van der Waals surface area (Å²) in [5.41, 5.74) is 0.713. The molecule has 7 heteroatoms. The number of hydrogen-bond acceptors (Lipinski definition) is 4. The highest BCUT2D eigenvalue weighted by Crippen LogP contribution is 2.18. The van der Waals surface area contributed by atoms with Gasteiger partial charge in [0.1, 0.15) is 17.3 Å². The van der Waals surface area contributed by atoms with Gasteiger partial charge in [0.05, 0.1) is 7.11 Å². The molecule has 0 aliphatic carbocycles. The van der Waals surface area contributed by atoms with Gasteiger partial charge in [0.2, 0.25) is 0 Å². The van der Waals surface area contributed by atoms with Crippen molar-refractivity contribution in [3.63, 3.8) is 0 Å². The zero-order valence-corrected chi connectivity index (χ0v) is 15.5. The topological polar surface area (TPSA) is 76.7 Å². The van der Waals surface area contributed by atoms with Crippen molar-refractivity contribution in [2.75, 3.05) is 20.2 Å². The minimum Gasteiger partial charge on any atom is -0.497 e. The Morgan fingerprint density at radius 3 is 2.30 bits per heavy atom. The molecule has 0 spiro atoms. The van der Waals surface area contributed by atoms with Crippen LogP contribution in [0.25, 0.3) is 0 Å². The molecule has 2 rings (SSSR count). The fourth-order valence-corrected chi connectivity index (χ4v) is 2.25. The third-order valence-electron chi connectivity index (χ3n) is 3.89. The molecule has 1 atom stereocenters. The van der Waals surface area contributed by atoms with Crippen LogP contribution in [0.5, 0.6) is 11.5 Å². The van der Waals surface area contributed by atoms with E-state index in [9.17, 15) is 14.0 Å². The van der Waals surface area contributed by atoms with E-state index in [4.69, 9.17) is 9.47 Å². The molecule has 0 saturated carbocycles. The molecule has 1 unspecified atom stereocenters. The fourth-order valence-electron chi connectivity index (χ4n) is 2.25. The molecular weight excluding hydrogens is 351 g/mol. The van der Waals surface area contributed by atoms with Crippen LogP contribution in [0, 0.1) is 12.7 Å². The Hall–Kier alpha value is -3.09. The van der Waals surface area contributed by atoms with Crippen LogP contribution in [0.2, 0.25) is 0 Å². The number of hydrogen-bond donors (Lipinski definition) is 2. The van der Waals surface area contributed by atoms with Crippen molar-refractivity contribution in [3.8, 4) is 11.5 Å². The Labute approximate surface area is 157 Å². The second kappa shape index (κ2) is 9.56. The number of methoxy groups -OCH3 is 1. The first-order chi connectivity index (χ1) is 12.9. The molecule has 0 heterocycles. The molecule has 2 aromatic carbocycles. The average molecular weight is 374 g/mol. The van der Waals surface area contributed by atoms with Crippen molar-refractivity contribution in [1.82, 2.24) is 10.6 Å². The van der Waals surface area contributed by atoms with E-state index in [2.05, 4.69) is 10.6 Å². The first-order valence-corrected chi connectivity index (χ1v) is 8.53. The number of carbonyl (C=O) groups excluding carboxylic acids is 2. The summed E-state index contributed by atoms with van der Waals surface area (Å²) in [6, 6.07) is 11.2. The predicted octanol–water partition coefficient (Wildman–Crippen LogP) is 2.46. The largest absolute Gasteiger partial charge is 0.497 e. The number of nitrogens with one attached hydrogen (secondary N) is 2. The highest BCUT2D eigenvalue weighted by Gasteiger charge is 2.14. The summed E-state index contributed by atoms with van der Waals surface area (Å²) in [7, 11) is 1.57. The summed E-state index contributed by atoms with van der Waals surface area (Å²) in [6.07, 6.45) is -0.694. The summed E-state index contributed by atoms with van der Waals surface area (Å²) in [5.74, 6) is 0.115. The van der Waals surface area contributed by atoms with Crippen LogP contribution >= 0.6 is 0 Å². The highest BCUT2D eigenvalue weighted by atomic mass is 19.1. The molecule has 0 bridgehead atoms. The maximum atomic E-state index is 13.5. The summed E-state index contributed by atoms with van der Waals surface area (Å²) in [4.78, 5) is 24.0. The molecule has 0 aromatic heterocycles. The first kappa shape index (κ1) is 20.2. The van der Waals surface area contributed by atoms with Crippen molar-refractivity contribution in [1.29, 1.82) is 0 Å². The normalized spacial score (nSPS) is 11.4. The van der Waals surface area contributed by atoms with Crippen molar-refractivity contribution in [2.24, 2.45) is 0 Å². The number of halogens is 1. The average Bonchev–Trinajstić information content (AvgIpc) is 2.67. The Kier molecular flexibility index (Phi) is 7.16. The van der Waals surface area contributed by atoms with Gasteiger partial charge in [-0.15, -0.1) is 0 Å². The summed E-state index contributed by atoms with van der Waals surface area (Å²) < 4.78 is 24.1. The maximum absolute atomic E-state index is 13.5. The molecule has 27 heavy (non-hydrogen) atoms. The van der Waals surface area contributed by atoms with Crippen LogP contribution in [0.3, 0.4) is 0 Å². The minimum atomic E-state index is -0.694. The Morgan fingerprint density at radius 1 is 1.04 bits per heavy atom. The number of carbonyl (C=O) groups is 2.